The summed E-state index contributed by atoms with van der Waals surface area (Å²) >= 11 is 8.01. The number of carbonyl (C=O) groups is 1. The third-order valence-corrected chi connectivity index (χ3v) is 4.40. The Labute approximate surface area is 128 Å². The Balaban J connectivity index is 1.93. The monoisotopic (exact) mass is 310 g/mol. The van der Waals surface area contributed by atoms with Crippen LogP contribution in [0.25, 0.3) is 10.1 Å². The Morgan fingerprint density at radius 3 is 2.65 bits per heavy atom. The minimum absolute atomic E-state index is 0.00488. The first-order valence-corrected chi connectivity index (χ1v) is 7.74. The summed E-state index contributed by atoms with van der Waals surface area (Å²) in [5.41, 5.74) is -0.200. The first-order chi connectivity index (χ1) is 9.37. The second kappa shape index (κ2) is 6.12. The number of benzene rings is 1. The molecule has 5 heteroatoms. The molecule has 1 aromatic heterocycles. The second-order valence-electron chi connectivity index (χ2n) is 5.74. The summed E-state index contributed by atoms with van der Waals surface area (Å²) in [4.78, 5) is 12.8. The van der Waals surface area contributed by atoms with Gasteiger partial charge in [-0.3, -0.25) is 4.79 Å². The first kappa shape index (κ1) is 15.3. The minimum atomic E-state index is -0.200. The first-order valence-electron chi connectivity index (χ1n) is 6.54. The van der Waals surface area contributed by atoms with Crippen molar-refractivity contribution >= 4 is 38.9 Å². The molecule has 20 heavy (non-hydrogen) atoms. The number of hydrogen-bond acceptors (Lipinski definition) is 3. The summed E-state index contributed by atoms with van der Waals surface area (Å²) in [6, 6.07) is 8.06. The highest BCUT2D eigenvalue weighted by Gasteiger charge is 2.14. The van der Waals surface area contributed by atoms with Gasteiger partial charge in [-0.25, -0.2) is 0 Å². The normalized spacial score (nSPS) is 11.8. The van der Waals surface area contributed by atoms with Crippen LogP contribution in [-0.2, 0) is 11.3 Å². The molecule has 2 rings (SSSR count). The Hall–Kier alpha value is -1.10. The molecular weight excluding hydrogens is 292 g/mol. The average Bonchev–Trinajstić information content (AvgIpc) is 2.65. The predicted octanol–water partition coefficient (Wildman–Crippen LogP) is 3.56. The molecule has 1 amide bonds. The molecule has 0 atom stereocenters. The summed E-state index contributed by atoms with van der Waals surface area (Å²) in [5, 5.41) is 7.92. The van der Waals surface area contributed by atoms with E-state index in [2.05, 4.69) is 16.7 Å². The van der Waals surface area contributed by atoms with Crippen LogP contribution in [0, 0.1) is 0 Å². The number of rotatable bonds is 4. The van der Waals surface area contributed by atoms with E-state index < -0.39 is 0 Å². The van der Waals surface area contributed by atoms with Crippen LogP contribution < -0.4 is 10.6 Å². The van der Waals surface area contributed by atoms with Gasteiger partial charge in [0.1, 0.15) is 0 Å². The van der Waals surface area contributed by atoms with E-state index in [1.807, 2.05) is 39.0 Å². The molecule has 0 radical (unpaired) electrons. The van der Waals surface area contributed by atoms with Crippen molar-refractivity contribution in [2.75, 3.05) is 6.54 Å². The van der Waals surface area contributed by atoms with E-state index in [0.717, 1.165) is 15.3 Å². The lowest BCUT2D eigenvalue weighted by Gasteiger charge is -2.20. The molecule has 0 saturated heterocycles. The van der Waals surface area contributed by atoms with Crippen LogP contribution in [0.5, 0.6) is 0 Å². The van der Waals surface area contributed by atoms with Gasteiger partial charge < -0.3 is 10.6 Å². The molecule has 0 aliphatic carbocycles. The van der Waals surface area contributed by atoms with Crippen LogP contribution in [-0.4, -0.2) is 18.0 Å². The SMILES string of the molecule is CC(C)(C)NC(=O)CNCc1sc2ccccc2c1Cl. The van der Waals surface area contributed by atoms with Gasteiger partial charge in [-0.1, -0.05) is 29.8 Å². The van der Waals surface area contributed by atoms with E-state index in [0.29, 0.717) is 13.1 Å². The van der Waals surface area contributed by atoms with Crippen molar-refractivity contribution in [1.82, 2.24) is 10.6 Å². The maximum absolute atomic E-state index is 11.7. The van der Waals surface area contributed by atoms with Crippen LogP contribution in [0.4, 0.5) is 0 Å². The van der Waals surface area contributed by atoms with Crippen LogP contribution in [0.1, 0.15) is 25.6 Å². The van der Waals surface area contributed by atoms with Crippen LogP contribution >= 0.6 is 22.9 Å². The molecular formula is C15H19ClN2OS. The van der Waals surface area contributed by atoms with Crippen molar-refractivity contribution < 1.29 is 4.79 Å². The Morgan fingerprint density at radius 2 is 2.00 bits per heavy atom. The number of halogens is 1. The maximum atomic E-state index is 11.7. The van der Waals surface area contributed by atoms with Gasteiger partial charge in [-0.2, -0.15) is 0 Å². The molecule has 0 unspecified atom stereocenters. The maximum Gasteiger partial charge on any atom is 0.234 e. The van der Waals surface area contributed by atoms with E-state index in [1.54, 1.807) is 11.3 Å². The summed E-state index contributed by atoms with van der Waals surface area (Å²) in [7, 11) is 0. The number of fused-ring (bicyclic) bond motifs is 1. The van der Waals surface area contributed by atoms with Gasteiger partial charge in [0.15, 0.2) is 0 Å². The molecule has 108 valence electrons. The van der Waals surface area contributed by atoms with E-state index in [4.69, 9.17) is 11.6 Å². The highest BCUT2D eigenvalue weighted by Crippen LogP contribution is 2.34. The minimum Gasteiger partial charge on any atom is -0.350 e. The number of carbonyl (C=O) groups excluding carboxylic acids is 1. The van der Waals surface area contributed by atoms with Crippen molar-refractivity contribution in [1.29, 1.82) is 0 Å². The third kappa shape index (κ3) is 3.95. The van der Waals surface area contributed by atoms with Gasteiger partial charge in [-0.15, -0.1) is 11.3 Å². The standard InChI is InChI=1S/C15H19ClN2OS/c1-15(2,3)18-13(19)9-17-8-12-14(16)10-6-4-5-7-11(10)20-12/h4-7,17H,8-9H2,1-3H3,(H,18,19). The molecule has 0 fully saturated rings. The van der Waals surface area contributed by atoms with Crippen LogP contribution in [0.2, 0.25) is 5.02 Å². The van der Waals surface area contributed by atoms with E-state index in [9.17, 15) is 4.79 Å². The summed E-state index contributed by atoms with van der Waals surface area (Å²) in [6.07, 6.45) is 0. The van der Waals surface area contributed by atoms with E-state index in [1.165, 1.54) is 4.70 Å². The number of thiophene rings is 1. The largest absolute Gasteiger partial charge is 0.350 e. The fourth-order valence-corrected chi connectivity index (χ4v) is 3.40. The van der Waals surface area contributed by atoms with Gasteiger partial charge in [0.2, 0.25) is 5.91 Å². The lowest BCUT2D eigenvalue weighted by atomic mass is 10.1. The molecule has 1 aromatic carbocycles. The molecule has 0 aliphatic rings. The topological polar surface area (TPSA) is 41.1 Å². The quantitative estimate of drug-likeness (QED) is 0.906. The third-order valence-electron chi connectivity index (χ3n) is 2.69. The molecule has 2 N–H and O–H groups in total. The molecule has 3 nitrogen and oxygen atoms in total. The molecule has 0 saturated carbocycles. The van der Waals surface area contributed by atoms with Crippen molar-refractivity contribution in [2.45, 2.75) is 32.9 Å². The molecule has 0 aliphatic heterocycles. The lowest BCUT2D eigenvalue weighted by Crippen LogP contribution is -2.44. The molecule has 1 heterocycles. The zero-order valence-electron chi connectivity index (χ0n) is 11.9. The Kier molecular flexibility index (Phi) is 4.68. The van der Waals surface area contributed by atoms with Gasteiger partial charge in [0.05, 0.1) is 11.6 Å². The highest BCUT2D eigenvalue weighted by atomic mass is 35.5. The smallest absolute Gasteiger partial charge is 0.234 e. The van der Waals surface area contributed by atoms with Crippen molar-refractivity contribution in [2.24, 2.45) is 0 Å². The predicted molar refractivity (Wildman–Crippen MR) is 86.4 cm³/mol. The number of amides is 1. The summed E-state index contributed by atoms with van der Waals surface area (Å²) < 4.78 is 1.17. The number of hydrogen-bond donors (Lipinski definition) is 2. The van der Waals surface area contributed by atoms with Gasteiger partial charge in [-0.05, 0) is 26.8 Å². The Morgan fingerprint density at radius 1 is 1.30 bits per heavy atom. The highest BCUT2D eigenvalue weighted by molar-refractivity contribution is 7.19. The Bertz CT molecular complexity index is 616. The summed E-state index contributed by atoms with van der Waals surface area (Å²) in [6.45, 7) is 6.80. The zero-order chi connectivity index (χ0) is 14.8. The van der Waals surface area contributed by atoms with Crippen molar-refractivity contribution in [3.63, 3.8) is 0 Å². The zero-order valence-corrected chi connectivity index (χ0v) is 13.5. The van der Waals surface area contributed by atoms with Crippen LogP contribution in [0.15, 0.2) is 24.3 Å². The number of nitrogens with one attached hydrogen (secondary N) is 2. The average molecular weight is 311 g/mol. The van der Waals surface area contributed by atoms with Crippen LogP contribution in [0.3, 0.4) is 0 Å². The van der Waals surface area contributed by atoms with Gasteiger partial charge >= 0.3 is 0 Å². The van der Waals surface area contributed by atoms with Crippen molar-refractivity contribution in [3.05, 3.63) is 34.2 Å². The molecule has 2 aromatic rings. The molecule has 0 bridgehead atoms. The lowest BCUT2D eigenvalue weighted by molar-refractivity contribution is -0.121. The fraction of sp³-hybridized carbons (Fsp3) is 0.400. The van der Waals surface area contributed by atoms with E-state index >= 15 is 0 Å². The second-order valence-corrected chi connectivity index (χ2v) is 7.25. The fourth-order valence-electron chi connectivity index (χ4n) is 1.93. The molecule has 0 spiro atoms. The van der Waals surface area contributed by atoms with Crippen molar-refractivity contribution in [3.8, 4) is 0 Å². The summed E-state index contributed by atoms with van der Waals surface area (Å²) in [5.74, 6) is -0.00488. The van der Waals surface area contributed by atoms with Gasteiger partial charge in [0.25, 0.3) is 0 Å². The van der Waals surface area contributed by atoms with Gasteiger partial charge in [0, 0.05) is 27.0 Å². The van der Waals surface area contributed by atoms with E-state index in [-0.39, 0.29) is 11.4 Å².